The summed E-state index contributed by atoms with van der Waals surface area (Å²) in [4.78, 5) is 2.44. The Morgan fingerprint density at radius 1 is 0.375 bits per heavy atom. The number of hydrogen-bond acceptors (Lipinski definition) is 1. The lowest BCUT2D eigenvalue weighted by atomic mass is 9.92. The van der Waals surface area contributed by atoms with Crippen LogP contribution in [0.25, 0.3) is 75.7 Å². The molecule has 0 spiro atoms. The molecule has 0 saturated heterocycles. The molecule has 1 aromatic heterocycles. The fourth-order valence-corrected chi connectivity index (χ4v) is 8.11. The summed E-state index contributed by atoms with van der Waals surface area (Å²) < 4.78 is 2.46. The van der Waals surface area contributed by atoms with E-state index in [1.807, 2.05) is 0 Å². The van der Waals surface area contributed by atoms with Gasteiger partial charge in [0.15, 0.2) is 0 Å². The third-order valence-electron chi connectivity index (χ3n) is 10.3. The van der Waals surface area contributed by atoms with E-state index in [4.69, 9.17) is 0 Å². The van der Waals surface area contributed by atoms with Crippen LogP contribution in [0, 0.1) is 0 Å². The number of anilines is 3. The zero-order chi connectivity index (χ0) is 31.8. The van der Waals surface area contributed by atoms with E-state index >= 15 is 0 Å². The van der Waals surface area contributed by atoms with Gasteiger partial charge in [-0.15, -0.1) is 0 Å². The second kappa shape index (κ2) is 10.4. The van der Waals surface area contributed by atoms with Crippen LogP contribution >= 0.6 is 0 Å². The summed E-state index contributed by atoms with van der Waals surface area (Å²) >= 11 is 0. The summed E-state index contributed by atoms with van der Waals surface area (Å²) in [6, 6.07) is 60.5. The SMILES string of the molecule is CCn1c2ccccc2c2cc3c4ccc(N(c5ccc6ccccc6c5)c5cccc6ccccc56)cc4c4ccccc4c3cc21. The standard InChI is InChI=1S/C46H32N2/c1-2-47-44-20-10-9-19-39(44)43-28-41-38-25-24-34(27-40(38)36-17-7-8-18-37(36)42(41)29-46(43)47)48(33-23-22-30-12-3-4-14-32(30)26-33)45-21-11-15-31-13-5-6-16-35(31)45/h3-29H,2H2,1H3. The summed E-state index contributed by atoms with van der Waals surface area (Å²) in [6.07, 6.45) is 0. The van der Waals surface area contributed by atoms with Crippen molar-refractivity contribution in [3.05, 3.63) is 164 Å². The summed E-state index contributed by atoms with van der Waals surface area (Å²) in [5, 5.41) is 15.3. The largest absolute Gasteiger partial charge is 0.341 e. The minimum absolute atomic E-state index is 0.934. The monoisotopic (exact) mass is 612 g/mol. The molecule has 10 aromatic rings. The Bertz CT molecular complexity index is 2890. The maximum atomic E-state index is 2.46. The predicted molar refractivity (Wildman–Crippen MR) is 207 cm³/mol. The highest BCUT2D eigenvalue weighted by Crippen LogP contribution is 2.44. The molecular weight excluding hydrogens is 581 g/mol. The Morgan fingerprint density at radius 2 is 0.958 bits per heavy atom. The molecule has 9 aromatic carbocycles. The maximum Gasteiger partial charge on any atom is 0.0540 e. The van der Waals surface area contributed by atoms with Gasteiger partial charge in [-0.2, -0.15) is 0 Å². The van der Waals surface area contributed by atoms with E-state index in [0.29, 0.717) is 0 Å². The minimum atomic E-state index is 0.934. The quantitative estimate of drug-likeness (QED) is 0.180. The Hall–Kier alpha value is -6.12. The second-order valence-corrected chi connectivity index (χ2v) is 12.8. The summed E-state index contributed by atoms with van der Waals surface area (Å²) in [6.45, 7) is 3.18. The van der Waals surface area contributed by atoms with Crippen LogP contribution in [0.3, 0.4) is 0 Å². The van der Waals surface area contributed by atoms with Crippen molar-refractivity contribution in [2.45, 2.75) is 13.5 Å². The summed E-state index contributed by atoms with van der Waals surface area (Å²) in [7, 11) is 0. The lowest BCUT2D eigenvalue weighted by Gasteiger charge is -2.28. The average Bonchev–Trinajstić information content (AvgIpc) is 3.47. The average molecular weight is 613 g/mol. The molecule has 226 valence electrons. The van der Waals surface area contributed by atoms with Gasteiger partial charge in [0.1, 0.15) is 0 Å². The molecule has 0 aliphatic rings. The van der Waals surface area contributed by atoms with Crippen LogP contribution in [-0.2, 0) is 6.54 Å². The fourth-order valence-electron chi connectivity index (χ4n) is 8.11. The van der Waals surface area contributed by atoms with Crippen LogP contribution < -0.4 is 4.90 Å². The molecular formula is C46H32N2. The third kappa shape index (κ3) is 3.93. The molecule has 0 bridgehead atoms. The smallest absolute Gasteiger partial charge is 0.0540 e. The van der Waals surface area contributed by atoms with E-state index in [1.54, 1.807) is 0 Å². The molecule has 0 amide bonds. The van der Waals surface area contributed by atoms with Gasteiger partial charge < -0.3 is 9.47 Å². The van der Waals surface area contributed by atoms with Gasteiger partial charge in [0.2, 0.25) is 0 Å². The lowest BCUT2D eigenvalue weighted by molar-refractivity contribution is 0.827. The van der Waals surface area contributed by atoms with Crippen molar-refractivity contribution < 1.29 is 0 Å². The van der Waals surface area contributed by atoms with Crippen LogP contribution in [0.4, 0.5) is 17.1 Å². The molecule has 0 radical (unpaired) electrons. The van der Waals surface area contributed by atoms with Gasteiger partial charge >= 0.3 is 0 Å². The van der Waals surface area contributed by atoms with Gasteiger partial charge in [-0.3, -0.25) is 0 Å². The van der Waals surface area contributed by atoms with Crippen LogP contribution in [0.1, 0.15) is 6.92 Å². The van der Waals surface area contributed by atoms with Crippen LogP contribution in [0.5, 0.6) is 0 Å². The zero-order valence-corrected chi connectivity index (χ0v) is 26.7. The second-order valence-electron chi connectivity index (χ2n) is 12.8. The van der Waals surface area contributed by atoms with Crippen molar-refractivity contribution >= 4 is 92.7 Å². The molecule has 0 unspecified atom stereocenters. The number of para-hydroxylation sites is 1. The number of hydrogen-bond donors (Lipinski definition) is 0. The number of benzene rings is 9. The fraction of sp³-hybridized carbons (Fsp3) is 0.0435. The highest BCUT2D eigenvalue weighted by atomic mass is 15.1. The number of rotatable bonds is 4. The first-order chi connectivity index (χ1) is 23.8. The lowest BCUT2D eigenvalue weighted by Crippen LogP contribution is -2.10. The maximum absolute atomic E-state index is 2.46. The predicted octanol–water partition coefficient (Wildman–Crippen LogP) is 13.1. The molecule has 48 heavy (non-hydrogen) atoms. The van der Waals surface area contributed by atoms with Gasteiger partial charge in [-0.05, 0) is 104 Å². The van der Waals surface area contributed by atoms with Crippen molar-refractivity contribution in [2.24, 2.45) is 0 Å². The van der Waals surface area contributed by atoms with E-state index in [9.17, 15) is 0 Å². The molecule has 0 aliphatic heterocycles. The zero-order valence-electron chi connectivity index (χ0n) is 26.7. The van der Waals surface area contributed by atoms with Crippen molar-refractivity contribution in [3.63, 3.8) is 0 Å². The number of aromatic nitrogens is 1. The molecule has 10 rings (SSSR count). The molecule has 2 nitrogen and oxygen atoms in total. The molecule has 0 saturated carbocycles. The number of aryl methyl sites for hydroxylation is 1. The molecule has 0 aliphatic carbocycles. The van der Waals surface area contributed by atoms with Crippen LogP contribution in [-0.4, -0.2) is 4.57 Å². The Morgan fingerprint density at radius 3 is 1.77 bits per heavy atom. The van der Waals surface area contributed by atoms with Gasteiger partial charge in [0.25, 0.3) is 0 Å². The first-order valence-electron chi connectivity index (χ1n) is 16.8. The van der Waals surface area contributed by atoms with Crippen molar-refractivity contribution in [1.29, 1.82) is 0 Å². The highest BCUT2D eigenvalue weighted by molar-refractivity contribution is 6.29. The third-order valence-corrected chi connectivity index (χ3v) is 10.3. The normalized spacial score (nSPS) is 11.9. The first kappa shape index (κ1) is 27.0. The Balaban J connectivity index is 1.30. The van der Waals surface area contributed by atoms with E-state index in [0.717, 1.165) is 17.9 Å². The van der Waals surface area contributed by atoms with Gasteiger partial charge in [-0.25, -0.2) is 0 Å². The highest BCUT2D eigenvalue weighted by Gasteiger charge is 2.19. The van der Waals surface area contributed by atoms with Crippen molar-refractivity contribution in [2.75, 3.05) is 4.90 Å². The number of fused-ring (bicyclic) bond motifs is 11. The van der Waals surface area contributed by atoms with Crippen LogP contribution in [0.15, 0.2) is 164 Å². The molecule has 1 heterocycles. The van der Waals surface area contributed by atoms with Crippen molar-refractivity contribution in [3.8, 4) is 0 Å². The number of nitrogens with zero attached hydrogens (tertiary/aromatic N) is 2. The van der Waals surface area contributed by atoms with E-state index in [1.165, 1.54) is 81.4 Å². The Kier molecular flexibility index (Phi) is 5.89. The van der Waals surface area contributed by atoms with E-state index in [2.05, 4.69) is 180 Å². The van der Waals surface area contributed by atoms with Crippen molar-refractivity contribution in [1.82, 2.24) is 4.57 Å². The van der Waals surface area contributed by atoms with Gasteiger partial charge in [0, 0.05) is 45.1 Å². The topological polar surface area (TPSA) is 8.17 Å². The molecule has 0 fully saturated rings. The van der Waals surface area contributed by atoms with Gasteiger partial charge in [0.05, 0.1) is 5.69 Å². The summed E-state index contributed by atoms with van der Waals surface area (Å²) in [5.41, 5.74) is 6.04. The summed E-state index contributed by atoms with van der Waals surface area (Å²) in [5.74, 6) is 0. The molecule has 2 heteroatoms. The van der Waals surface area contributed by atoms with Gasteiger partial charge in [-0.1, -0.05) is 115 Å². The molecule has 0 N–H and O–H groups in total. The minimum Gasteiger partial charge on any atom is -0.341 e. The van der Waals surface area contributed by atoms with E-state index in [-0.39, 0.29) is 0 Å². The van der Waals surface area contributed by atoms with E-state index < -0.39 is 0 Å². The Labute approximate surface area is 278 Å². The molecule has 0 atom stereocenters. The van der Waals surface area contributed by atoms with Crippen LogP contribution in [0.2, 0.25) is 0 Å². The first-order valence-corrected chi connectivity index (χ1v) is 16.8.